The minimum Gasteiger partial charge on any atom is -0.508 e. The molecule has 0 aliphatic rings. The van der Waals surface area contributed by atoms with Crippen molar-refractivity contribution in [2.45, 2.75) is 59.3 Å². The van der Waals surface area contributed by atoms with Crippen LogP contribution in [0.2, 0.25) is 0 Å². The smallest absolute Gasteiger partial charge is 0.411 e. The van der Waals surface area contributed by atoms with E-state index in [4.69, 9.17) is 4.74 Å². The third-order valence-corrected chi connectivity index (χ3v) is 6.52. The van der Waals surface area contributed by atoms with Crippen molar-refractivity contribution in [2.24, 2.45) is 0 Å². The second kappa shape index (κ2) is 15.9. The molecule has 0 aliphatic carbocycles. The zero-order valence-electron chi connectivity index (χ0n) is 24.9. The minimum absolute atomic E-state index is 0.128. The molecule has 42 heavy (non-hydrogen) atoms. The second-order valence-electron chi connectivity index (χ2n) is 9.19. The Morgan fingerprint density at radius 3 is 1.02 bits per heavy atom. The summed E-state index contributed by atoms with van der Waals surface area (Å²) in [4.78, 5) is 0. The van der Waals surface area contributed by atoms with Gasteiger partial charge in [0.1, 0.15) is 11.5 Å². The number of aromatic hydroxyl groups is 1. The van der Waals surface area contributed by atoms with Crippen LogP contribution in [0.1, 0.15) is 47.2 Å². The van der Waals surface area contributed by atoms with Gasteiger partial charge >= 0.3 is 12.4 Å². The first kappa shape index (κ1) is 36.1. The molecule has 4 aromatic carbocycles. The molecule has 0 heterocycles. The third kappa shape index (κ3) is 9.03. The van der Waals surface area contributed by atoms with Gasteiger partial charge in [-0.3, -0.25) is 0 Å². The summed E-state index contributed by atoms with van der Waals surface area (Å²) in [6, 6.07) is 23.0. The van der Waals surface area contributed by atoms with Crippen LogP contribution in [0.3, 0.4) is 0 Å². The number of methoxy groups -OCH3 is 1. The van der Waals surface area contributed by atoms with E-state index in [1.165, 1.54) is 29.4 Å². The summed E-state index contributed by atoms with van der Waals surface area (Å²) in [6.45, 7) is 12.5. The molecule has 0 radical (unpaired) electrons. The molecule has 228 valence electrons. The molecule has 0 saturated heterocycles. The predicted octanol–water partition coefficient (Wildman–Crippen LogP) is 10.4. The van der Waals surface area contributed by atoms with Gasteiger partial charge in [0.25, 0.3) is 0 Å². The Balaban J connectivity index is 0.000000396. The first-order valence-corrected chi connectivity index (χ1v) is 13.3. The number of hydrogen-bond donors (Lipinski definition) is 1. The van der Waals surface area contributed by atoms with Crippen LogP contribution >= 0.6 is 0 Å². The van der Waals surface area contributed by atoms with Gasteiger partial charge in [-0.2, -0.15) is 26.3 Å². The van der Waals surface area contributed by atoms with E-state index in [1.54, 1.807) is 0 Å². The SMILES string of the molecule is CC.COc1ccc(C(c2ccc(O)cc2)(C(F)(F)F)C(F)(F)F)cc1.Cc1ccccc1C.Cc1ccccc1C. The Morgan fingerprint density at radius 2 is 0.786 bits per heavy atom. The van der Waals surface area contributed by atoms with Crippen molar-refractivity contribution in [3.63, 3.8) is 0 Å². The van der Waals surface area contributed by atoms with Crippen molar-refractivity contribution >= 4 is 0 Å². The second-order valence-corrected chi connectivity index (χ2v) is 9.19. The lowest BCUT2D eigenvalue weighted by Crippen LogP contribution is -2.54. The molecule has 2 nitrogen and oxygen atoms in total. The fourth-order valence-electron chi connectivity index (χ4n) is 3.86. The first-order valence-electron chi connectivity index (χ1n) is 13.3. The van der Waals surface area contributed by atoms with Crippen molar-refractivity contribution in [2.75, 3.05) is 7.11 Å². The summed E-state index contributed by atoms with van der Waals surface area (Å²) in [5.41, 5.74) is -0.778. The zero-order chi connectivity index (χ0) is 32.1. The molecule has 0 amide bonds. The molecule has 0 unspecified atom stereocenters. The molecular weight excluding hydrogens is 554 g/mol. The summed E-state index contributed by atoms with van der Waals surface area (Å²) >= 11 is 0. The maximum atomic E-state index is 13.7. The van der Waals surface area contributed by atoms with Gasteiger partial charge in [0.2, 0.25) is 5.41 Å². The minimum atomic E-state index is -5.66. The number of ether oxygens (including phenoxy) is 1. The molecule has 0 aromatic heterocycles. The molecule has 0 bridgehead atoms. The summed E-state index contributed by atoms with van der Waals surface area (Å²) in [5.74, 6) is -0.311. The lowest BCUT2D eigenvalue weighted by molar-refractivity contribution is -0.288. The Kier molecular flexibility index (Phi) is 13.7. The quantitative estimate of drug-likeness (QED) is 0.240. The molecule has 0 spiro atoms. The van der Waals surface area contributed by atoms with Gasteiger partial charge in [-0.15, -0.1) is 0 Å². The molecule has 0 saturated carbocycles. The molecular formula is C34H38F6O2. The highest BCUT2D eigenvalue weighted by Crippen LogP contribution is 2.56. The van der Waals surface area contributed by atoms with Crippen LogP contribution in [-0.2, 0) is 5.41 Å². The molecule has 8 heteroatoms. The van der Waals surface area contributed by atoms with E-state index in [2.05, 4.69) is 76.2 Å². The van der Waals surface area contributed by atoms with Crippen LogP contribution in [0.15, 0.2) is 97.1 Å². The topological polar surface area (TPSA) is 29.5 Å². The van der Waals surface area contributed by atoms with Crippen LogP contribution in [0, 0.1) is 27.7 Å². The van der Waals surface area contributed by atoms with Gasteiger partial charge in [-0.25, -0.2) is 0 Å². The average molecular weight is 593 g/mol. The predicted molar refractivity (Wildman–Crippen MR) is 157 cm³/mol. The fraction of sp³-hybridized carbons (Fsp3) is 0.294. The van der Waals surface area contributed by atoms with Crippen LogP contribution in [0.4, 0.5) is 26.3 Å². The first-order chi connectivity index (χ1) is 19.6. The van der Waals surface area contributed by atoms with E-state index in [-0.39, 0.29) is 5.75 Å². The number of phenolic OH excluding ortho intramolecular Hbond substituents is 1. The van der Waals surface area contributed by atoms with Crippen molar-refractivity contribution < 1.29 is 36.2 Å². The number of alkyl halides is 6. The van der Waals surface area contributed by atoms with Gasteiger partial charge in [0.15, 0.2) is 0 Å². The summed E-state index contributed by atoms with van der Waals surface area (Å²) < 4.78 is 87.1. The zero-order valence-corrected chi connectivity index (χ0v) is 24.9. The molecule has 0 aliphatic heterocycles. The number of phenols is 1. The van der Waals surface area contributed by atoms with E-state index in [0.29, 0.717) is 12.1 Å². The van der Waals surface area contributed by atoms with Crippen molar-refractivity contribution in [3.8, 4) is 11.5 Å². The highest BCUT2D eigenvalue weighted by Gasteiger charge is 2.72. The molecule has 0 atom stereocenters. The lowest BCUT2D eigenvalue weighted by Gasteiger charge is -2.38. The van der Waals surface area contributed by atoms with Crippen LogP contribution in [0.5, 0.6) is 11.5 Å². The van der Waals surface area contributed by atoms with Crippen molar-refractivity contribution in [3.05, 3.63) is 130 Å². The molecule has 0 fully saturated rings. The maximum absolute atomic E-state index is 13.7. The van der Waals surface area contributed by atoms with E-state index in [0.717, 1.165) is 36.4 Å². The highest BCUT2D eigenvalue weighted by molar-refractivity contribution is 5.47. The van der Waals surface area contributed by atoms with Gasteiger partial charge in [0, 0.05) is 0 Å². The summed E-state index contributed by atoms with van der Waals surface area (Å²) in [6.07, 6.45) is -11.3. The molecule has 1 N–H and O–H groups in total. The van der Waals surface area contributed by atoms with Gasteiger partial charge in [-0.05, 0) is 85.3 Å². The Labute approximate surface area is 244 Å². The van der Waals surface area contributed by atoms with Crippen LogP contribution in [0.25, 0.3) is 0 Å². The largest absolute Gasteiger partial charge is 0.508 e. The molecule has 4 rings (SSSR count). The normalized spacial score (nSPS) is 11.1. The third-order valence-electron chi connectivity index (χ3n) is 6.52. The number of halogens is 6. The summed E-state index contributed by atoms with van der Waals surface area (Å²) in [7, 11) is 1.25. The van der Waals surface area contributed by atoms with Gasteiger partial charge in [0.05, 0.1) is 7.11 Å². The van der Waals surface area contributed by atoms with E-state index < -0.39 is 34.6 Å². The Morgan fingerprint density at radius 1 is 0.500 bits per heavy atom. The Bertz CT molecular complexity index is 1240. The lowest BCUT2D eigenvalue weighted by atomic mass is 9.73. The Hall–Kier alpha value is -3.94. The number of hydrogen-bond acceptors (Lipinski definition) is 2. The monoisotopic (exact) mass is 592 g/mol. The van der Waals surface area contributed by atoms with E-state index in [9.17, 15) is 31.4 Å². The number of rotatable bonds is 3. The fourth-order valence-corrected chi connectivity index (χ4v) is 3.86. The van der Waals surface area contributed by atoms with E-state index >= 15 is 0 Å². The van der Waals surface area contributed by atoms with E-state index in [1.807, 2.05) is 13.8 Å². The molecule has 4 aromatic rings. The summed E-state index contributed by atoms with van der Waals surface area (Å²) in [5, 5.41) is 9.19. The highest BCUT2D eigenvalue weighted by atomic mass is 19.4. The van der Waals surface area contributed by atoms with Gasteiger partial charge < -0.3 is 9.84 Å². The van der Waals surface area contributed by atoms with Crippen molar-refractivity contribution in [1.29, 1.82) is 0 Å². The van der Waals surface area contributed by atoms with Gasteiger partial charge in [-0.1, -0.05) is 86.6 Å². The standard InChI is InChI=1S/C16H12F6O2.2C8H10.C2H6/c1-24-13-8-4-11(5-9-13)14(15(17,18)19,16(20,21)22)10-2-6-12(23)7-3-10;2*1-7-5-3-4-6-8(7)2;1-2/h2-9,23H,1H3;2*3-6H,1-2H3;1-2H3. The number of benzene rings is 4. The average Bonchev–Trinajstić information content (AvgIpc) is 2.94. The van der Waals surface area contributed by atoms with Crippen molar-refractivity contribution in [1.82, 2.24) is 0 Å². The van der Waals surface area contributed by atoms with Crippen LogP contribution in [-0.4, -0.2) is 24.6 Å². The number of aryl methyl sites for hydroxylation is 4. The van der Waals surface area contributed by atoms with Crippen LogP contribution < -0.4 is 4.74 Å². The maximum Gasteiger partial charge on any atom is 0.411 e.